The van der Waals surface area contributed by atoms with Gasteiger partial charge in [0.2, 0.25) is 0 Å². The molecule has 0 atom stereocenters. The highest BCUT2D eigenvalue weighted by molar-refractivity contribution is 6.14. The van der Waals surface area contributed by atoms with Crippen molar-refractivity contribution in [2.45, 2.75) is 19.3 Å². The third kappa shape index (κ3) is 7.33. The van der Waals surface area contributed by atoms with E-state index in [1.807, 2.05) is 0 Å². The zero-order valence-electron chi connectivity index (χ0n) is 39.7. The first-order chi connectivity index (χ1) is 35.0. The Morgan fingerprint density at radius 3 is 1.45 bits per heavy atom. The molecular formula is C68H49N3. The molecule has 3 heteroatoms. The van der Waals surface area contributed by atoms with Crippen LogP contribution in [0.4, 0.5) is 17.1 Å². The van der Waals surface area contributed by atoms with Gasteiger partial charge in [-0.05, 0) is 134 Å². The SMILES string of the molecule is CC1(C)c2ccccc2-c2ccc(N(c3ccc(-c4ccccc4)cc3)c3ccc(-c4ccc(-c5ccc6c(n5)c5cc(-c7ccccc7)cc(-c7ccccc7)c5n6-c5ccccc5)cc4)cc3)cc21. The number of para-hydroxylation sites is 1. The molecule has 12 aromatic rings. The van der Waals surface area contributed by atoms with E-state index >= 15 is 0 Å². The molecule has 2 aromatic heterocycles. The van der Waals surface area contributed by atoms with Crippen LogP contribution in [0.15, 0.2) is 261 Å². The second kappa shape index (κ2) is 17.2. The Hall–Kier alpha value is -9.05. The maximum Gasteiger partial charge on any atom is 0.0971 e. The van der Waals surface area contributed by atoms with Crippen LogP contribution in [0.3, 0.4) is 0 Å². The average molecular weight is 908 g/mol. The van der Waals surface area contributed by atoms with E-state index in [2.05, 4.69) is 284 Å². The minimum atomic E-state index is -0.110. The summed E-state index contributed by atoms with van der Waals surface area (Å²) in [6.07, 6.45) is 0. The summed E-state index contributed by atoms with van der Waals surface area (Å²) < 4.78 is 2.39. The summed E-state index contributed by atoms with van der Waals surface area (Å²) in [4.78, 5) is 7.91. The normalized spacial score (nSPS) is 12.5. The van der Waals surface area contributed by atoms with Crippen molar-refractivity contribution in [1.82, 2.24) is 9.55 Å². The van der Waals surface area contributed by atoms with Crippen LogP contribution in [0.2, 0.25) is 0 Å². The molecule has 71 heavy (non-hydrogen) atoms. The Balaban J connectivity index is 0.872. The van der Waals surface area contributed by atoms with E-state index in [4.69, 9.17) is 4.98 Å². The quantitative estimate of drug-likeness (QED) is 0.144. The van der Waals surface area contributed by atoms with E-state index in [0.717, 1.165) is 72.6 Å². The van der Waals surface area contributed by atoms with Crippen LogP contribution in [-0.2, 0) is 5.41 Å². The topological polar surface area (TPSA) is 21.1 Å². The molecule has 3 nitrogen and oxygen atoms in total. The second-order valence-corrected chi connectivity index (χ2v) is 19.2. The molecule has 0 radical (unpaired) electrons. The van der Waals surface area contributed by atoms with Gasteiger partial charge >= 0.3 is 0 Å². The van der Waals surface area contributed by atoms with E-state index in [9.17, 15) is 0 Å². The third-order valence-corrected chi connectivity index (χ3v) is 14.6. The lowest BCUT2D eigenvalue weighted by Gasteiger charge is -2.28. The van der Waals surface area contributed by atoms with E-state index < -0.39 is 0 Å². The van der Waals surface area contributed by atoms with Crippen LogP contribution in [0.1, 0.15) is 25.0 Å². The van der Waals surface area contributed by atoms with Gasteiger partial charge in [0.05, 0.1) is 22.2 Å². The number of anilines is 3. The minimum absolute atomic E-state index is 0.110. The van der Waals surface area contributed by atoms with Gasteiger partial charge < -0.3 is 9.47 Å². The molecule has 10 aromatic carbocycles. The van der Waals surface area contributed by atoms with Crippen LogP contribution in [-0.4, -0.2) is 9.55 Å². The summed E-state index contributed by atoms with van der Waals surface area (Å²) in [5.41, 5.74) is 24.3. The van der Waals surface area contributed by atoms with Gasteiger partial charge in [0.1, 0.15) is 0 Å². The van der Waals surface area contributed by atoms with Crippen molar-refractivity contribution < 1.29 is 0 Å². The predicted molar refractivity (Wildman–Crippen MR) is 298 cm³/mol. The van der Waals surface area contributed by atoms with Crippen molar-refractivity contribution in [3.8, 4) is 72.6 Å². The van der Waals surface area contributed by atoms with Crippen molar-refractivity contribution in [3.63, 3.8) is 0 Å². The molecule has 336 valence electrons. The van der Waals surface area contributed by atoms with E-state index in [1.165, 1.54) is 50.1 Å². The number of hydrogen-bond donors (Lipinski definition) is 0. The van der Waals surface area contributed by atoms with Gasteiger partial charge in [0.15, 0.2) is 0 Å². The first-order valence-electron chi connectivity index (χ1n) is 24.5. The Morgan fingerprint density at radius 2 is 0.831 bits per heavy atom. The predicted octanol–water partition coefficient (Wildman–Crippen LogP) is 18.3. The van der Waals surface area contributed by atoms with Gasteiger partial charge in [-0.15, -0.1) is 0 Å². The molecule has 0 bridgehead atoms. The van der Waals surface area contributed by atoms with Crippen molar-refractivity contribution in [2.75, 3.05) is 4.90 Å². The molecule has 0 saturated carbocycles. The fourth-order valence-corrected chi connectivity index (χ4v) is 11.0. The summed E-state index contributed by atoms with van der Waals surface area (Å²) in [6.45, 7) is 4.70. The molecule has 1 aliphatic rings. The fraction of sp³-hybridized carbons (Fsp3) is 0.0441. The maximum atomic E-state index is 5.52. The molecule has 0 amide bonds. The zero-order chi connectivity index (χ0) is 47.5. The molecule has 0 spiro atoms. The summed E-state index contributed by atoms with van der Waals surface area (Å²) >= 11 is 0. The first-order valence-corrected chi connectivity index (χ1v) is 24.5. The standard InChI is InChI=1S/C68H49N3/c1-68(2)62-26-16-15-25-58(62)59-40-39-57(45-63(59)68)70(55-35-31-49(32-36-55)46-17-7-3-8-18-46)56-37-33-50(34-38-56)48-27-29-52(30-28-48)64-41-42-65-66(69-64)61-44-53(47-19-9-4-10-20-47)43-60(51-21-11-5-12-22-51)67(61)71(65)54-23-13-6-14-24-54/h3-45H,1-2H3. The average Bonchev–Trinajstić information content (AvgIpc) is 3.89. The lowest BCUT2D eigenvalue weighted by atomic mass is 9.82. The zero-order valence-corrected chi connectivity index (χ0v) is 39.7. The first kappa shape index (κ1) is 42.1. The highest BCUT2D eigenvalue weighted by atomic mass is 15.1. The van der Waals surface area contributed by atoms with Gasteiger partial charge in [0.25, 0.3) is 0 Å². The summed E-state index contributed by atoms with van der Waals surface area (Å²) in [6, 6.07) is 94.5. The monoisotopic (exact) mass is 907 g/mol. The number of benzene rings is 10. The Kier molecular flexibility index (Phi) is 10.2. The molecule has 0 N–H and O–H groups in total. The van der Waals surface area contributed by atoms with E-state index in [-0.39, 0.29) is 5.41 Å². The Labute approximate surface area is 415 Å². The Morgan fingerprint density at radius 1 is 0.352 bits per heavy atom. The number of rotatable bonds is 9. The lowest BCUT2D eigenvalue weighted by Crippen LogP contribution is -2.16. The van der Waals surface area contributed by atoms with Crippen molar-refractivity contribution in [3.05, 3.63) is 272 Å². The number of fused-ring (bicyclic) bond motifs is 6. The van der Waals surface area contributed by atoms with Crippen LogP contribution in [0.5, 0.6) is 0 Å². The van der Waals surface area contributed by atoms with Gasteiger partial charge in [-0.25, -0.2) is 4.98 Å². The molecule has 0 saturated heterocycles. The molecule has 0 aliphatic heterocycles. The third-order valence-electron chi connectivity index (χ3n) is 14.6. The summed E-state index contributed by atoms with van der Waals surface area (Å²) in [5, 5.41) is 1.12. The van der Waals surface area contributed by atoms with Crippen LogP contribution in [0.25, 0.3) is 94.5 Å². The van der Waals surface area contributed by atoms with Gasteiger partial charge in [-0.2, -0.15) is 0 Å². The number of aromatic nitrogens is 2. The van der Waals surface area contributed by atoms with Crippen LogP contribution in [0, 0.1) is 0 Å². The highest BCUT2D eigenvalue weighted by Gasteiger charge is 2.35. The minimum Gasteiger partial charge on any atom is -0.310 e. The molecule has 0 unspecified atom stereocenters. The van der Waals surface area contributed by atoms with Crippen molar-refractivity contribution in [2.24, 2.45) is 0 Å². The molecule has 0 fully saturated rings. The molecular weight excluding hydrogens is 859 g/mol. The number of pyridine rings is 1. The largest absolute Gasteiger partial charge is 0.310 e. The maximum absolute atomic E-state index is 5.52. The number of hydrogen-bond acceptors (Lipinski definition) is 2. The van der Waals surface area contributed by atoms with E-state index in [1.54, 1.807) is 0 Å². The molecule has 13 rings (SSSR count). The summed E-state index contributed by atoms with van der Waals surface area (Å²) in [5.74, 6) is 0. The van der Waals surface area contributed by atoms with Crippen LogP contribution < -0.4 is 4.90 Å². The number of nitrogens with zero attached hydrogens (tertiary/aromatic N) is 3. The second-order valence-electron chi connectivity index (χ2n) is 19.2. The van der Waals surface area contributed by atoms with Gasteiger partial charge in [-0.1, -0.05) is 202 Å². The van der Waals surface area contributed by atoms with Gasteiger partial charge in [0, 0.05) is 44.7 Å². The van der Waals surface area contributed by atoms with Crippen molar-refractivity contribution >= 4 is 39.0 Å². The fourth-order valence-electron chi connectivity index (χ4n) is 11.0. The lowest BCUT2D eigenvalue weighted by molar-refractivity contribution is 0.660. The molecule has 2 heterocycles. The van der Waals surface area contributed by atoms with Crippen LogP contribution >= 0.6 is 0 Å². The van der Waals surface area contributed by atoms with Crippen molar-refractivity contribution in [1.29, 1.82) is 0 Å². The van der Waals surface area contributed by atoms with E-state index in [0.29, 0.717) is 0 Å². The van der Waals surface area contributed by atoms with Gasteiger partial charge in [-0.3, -0.25) is 0 Å². The highest BCUT2D eigenvalue weighted by Crippen LogP contribution is 2.51. The summed E-state index contributed by atoms with van der Waals surface area (Å²) in [7, 11) is 0. The smallest absolute Gasteiger partial charge is 0.0971 e. The molecule has 1 aliphatic carbocycles. The Bertz CT molecular complexity index is 3890.